The fourth-order valence-electron chi connectivity index (χ4n) is 1.85. The summed E-state index contributed by atoms with van der Waals surface area (Å²) in [6, 6.07) is 0. The van der Waals surface area contributed by atoms with Gasteiger partial charge in [0.15, 0.2) is 5.76 Å². The van der Waals surface area contributed by atoms with Crippen LogP contribution in [-0.4, -0.2) is 0 Å². The van der Waals surface area contributed by atoms with Gasteiger partial charge in [0.25, 0.3) is 0 Å². The van der Waals surface area contributed by atoms with Gasteiger partial charge in [0.2, 0.25) is 0 Å². The Morgan fingerprint density at radius 1 is 0.923 bits per heavy atom. The van der Waals surface area contributed by atoms with Crippen LogP contribution in [0.3, 0.4) is 0 Å². The summed E-state index contributed by atoms with van der Waals surface area (Å²) in [6.07, 6.45) is 15.1. The molecule has 1 heterocycles. The highest BCUT2D eigenvalue weighted by molar-refractivity contribution is 5.28. The summed E-state index contributed by atoms with van der Waals surface area (Å²) >= 11 is 0. The van der Waals surface area contributed by atoms with Crippen molar-refractivity contribution in [1.82, 2.24) is 0 Å². The zero-order chi connectivity index (χ0) is 8.93. The molecule has 0 saturated heterocycles. The second kappa shape index (κ2) is 4.50. The maximum Gasteiger partial charge on any atom is 0.165 e. The van der Waals surface area contributed by atoms with Gasteiger partial charge < -0.3 is 4.74 Å². The van der Waals surface area contributed by atoms with E-state index < -0.39 is 0 Å². The molecule has 0 spiro atoms. The molecule has 0 aromatic heterocycles. The van der Waals surface area contributed by atoms with Crippen LogP contribution in [0.15, 0.2) is 23.7 Å². The maximum atomic E-state index is 5.38. The number of hydrogen-bond acceptors (Lipinski definition) is 1. The predicted octanol–water partition coefficient (Wildman–Crippen LogP) is 3.92. The third kappa shape index (κ3) is 2.91. The first-order valence-corrected chi connectivity index (χ1v) is 5.54. The molecule has 13 heavy (non-hydrogen) atoms. The van der Waals surface area contributed by atoms with Crippen LogP contribution in [-0.2, 0) is 4.74 Å². The Kier molecular flexibility index (Phi) is 3.07. The predicted molar refractivity (Wildman–Crippen MR) is 54.2 cm³/mol. The first-order valence-electron chi connectivity index (χ1n) is 5.54. The zero-order valence-electron chi connectivity index (χ0n) is 8.22. The Labute approximate surface area is 80.5 Å². The molecule has 0 unspecified atom stereocenters. The van der Waals surface area contributed by atoms with Crippen LogP contribution in [0.5, 0.6) is 0 Å². The molecule has 0 amide bonds. The van der Waals surface area contributed by atoms with Crippen molar-refractivity contribution in [2.45, 2.75) is 51.4 Å². The van der Waals surface area contributed by atoms with Gasteiger partial charge in [-0.3, -0.25) is 0 Å². The van der Waals surface area contributed by atoms with E-state index >= 15 is 0 Å². The van der Waals surface area contributed by atoms with Crippen LogP contribution < -0.4 is 0 Å². The Bertz CT molecular complexity index is 225. The molecule has 0 radical (unpaired) electrons. The molecule has 1 nitrogen and oxygen atoms in total. The normalized spacial score (nSPS) is 26.5. The van der Waals surface area contributed by atoms with Gasteiger partial charge in [0.05, 0.1) is 0 Å². The van der Waals surface area contributed by atoms with Crippen molar-refractivity contribution in [2.24, 2.45) is 0 Å². The van der Waals surface area contributed by atoms with E-state index in [1.807, 2.05) is 0 Å². The molecule has 0 N–H and O–H groups in total. The monoisotopic (exact) mass is 178 g/mol. The number of rotatable bonds is 0. The topological polar surface area (TPSA) is 12.5 Å². The summed E-state index contributed by atoms with van der Waals surface area (Å²) in [5.74, 6) is 2.40. The maximum absolute atomic E-state index is 5.38. The molecule has 0 saturated carbocycles. The molecule has 0 fully saturated rings. The van der Waals surface area contributed by atoms with Gasteiger partial charge in [0.1, 0.15) is 5.76 Å². The molecular weight excluding hydrogens is 160 g/mol. The smallest absolute Gasteiger partial charge is 0.165 e. The van der Waals surface area contributed by atoms with Gasteiger partial charge in [0, 0.05) is 6.42 Å². The van der Waals surface area contributed by atoms with E-state index in [9.17, 15) is 0 Å². The second-order valence-corrected chi connectivity index (χ2v) is 3.95. The van der Waals surface area contributed by atoms with E-state index in [0.29, 0.717) is 0 Å². The Hall–Kier alpha value is -0.720. The van der Waals surface area contributed by atoms with Gasteiger partial charge in [-0.2, -0.15) is 0 Å². The highest BCUT2D eigenvalue weighted by Crippen LogP contribution is 2.32. The Morgan fingerprint density at radius 2 is 1.69 bits per heavy atom. The molecule has 0 aromatic rings. The van der Waals surface area contributed by atoms with E-state index in [2.05, 4.69) is 12.2 Å². The van der Waals surface area contributed by atoms with Gasteiger partial charge >= 0.3 is 0 Å². The van der Waals surface area contributed by atoms with Crippen molar-refractivity contribution in [3.63, 3.8) is 0 Å². The summed E-state index contributed by atoms with van der Waals surface area (Å²) in [4.78, 5) is 0. The Balaban J connectivity index is 1.83. The summed E-state index contributed by atoms with van der Waals surface area (Å²) in [6.45, 7) is 0. The lowest BCUT2D eigenvalue weighted by atomic mass is 10.1. The van der Waals surface area contributed by atoms with Gasteiger partial charge in [-0.25, -0.2) is 0 Å². The average Bonchev–Trinajstić information content (AvgIpc) is 2.83. The minimum Gasteiger partial charge on any atom is -0.454 e. The minimum absolute atomic E-state index is 1.15. The lowest BCUT2D eigenvalue weighted by Crippen LogP contribution is -1.80. The van der Waals surface area contributed by atoms with Crippen LogP contribution in [0.1, 0.15) is 51.4 Å². The van der Waals surface area contributed by atoms with E-state index in [0.717, 1.165) is 5.76 Å². The van der Waals surface area contributed by atoms with Crippen LogP contribution in [0.4, 0.5) is 0 Å². The third-order valence-electron chi connectivity index (χ3n) is 2.76. The fourth-order valence-corrected chi connectivity index (χ4v) is 1.85. The average molecular weight is 178 g/mol. The number of allylic oxidation sites excluding steroid dienone is 3. The molecule has 0 bridgehead atoms. The van der Waals surface area contributed by atoms with Crippen molar-refractivity contribution >= 4 is 0 Å². The lowest BCUT2D eigenvalue weighted by Gasteiger charge is -1.98. The summed E-state index contributed by atoms with van der Waals surface area (Å²) in [5.41, 5.74) is 0. The van der Waals surface area contributed by atoms with Gasteiger partial charge in [-0.1, -0.05) is 31.8 Å². The minimum atomic E-state index is 1.15. The molecule has 1 aliphatic carbocycles. The van der Waals surface area contributed by atoms with E-state index in [-0.39, 0.29) is 0 Å². The number of ether oxygens (including phenoxy) is 1. The van der Waals surface area contributed by atoms with E-state index in [1.165, 1.54) is 57.1 Å². The highest BCUT2D eigenvalue weighted by Gasteiger charge is 2.20. The standard InChI is InChI=1S/C12H18O/c1-2-4-6-8-10-12-11(13-12)9-7-5-3-1/h7,9H,1-6,8,10H2/b9-7-. The molecule has 2 aliphatic rings. The first-order chi connectivity index (χ1) is 6.47. The lowest BCUT2D eigenvalue weighted by molar-refractivity contribution is 0.455. The second-order valence-electron chi connectivity index (χ2n) is 3.95. The fraction of sp³-hybridized carbons (Fsp3) is 0.667. The van der Waals surface area contributed by atoms with Gasteiger partial charge in [-0.15, -0.1) is 0 Å². The molecule has 0 aromatic carbocycles. The van der Waals surface area contributed by atoms with Crippen molar-refractivity contribution in [1.29, 1.82) is 0 Å². The van der Waals surface area contributed by atoms with Crippen molar-refractivity contribution in [3.8, 4) is 0 Å². The molecule has 2 rings (SSSR count). The molecule has 72 valence electrons. The van der Waals surface area contributed by atoms with E-state index in [1.54, 1.807) is 0 Å². The largest absolute Gasteiger partial charge is 0.454 e. The molecule has 1 aliphatic heterocycles. The van der Waals surface area contributed by atoms with Crippen LogP contribution >= 0.6 is 0 Å². The van der Waals surface area contributed by atoms with Crippen molar-refractivity contribution in [2.75, 3.05) is 0 Å². The van der Waals surface area contributed by atoms with Crippen LogP contribution in [0.2, 0.25) is 0 Å². The summed E-state index contributed by atoms with van der Waals surface area (Å²) < 4.78 is 5.38. The van der Waals surface area contributed by atoms with Crippen molar-refractivity contribution < 1.29 is 4.74 Å². The molecule has 1 heteroatoms. The van der Waals surface area contributed by atoms with Crippen LogP contribution in [0.25, 0.3) is 0 Å². The van der Waals surface area contributed by atoms with Crippen molar-refractivity contribution in [3.05, 3.63) is 23.7 Å². The first kappa shape index (κ1) is 8.86. The summed E-state index contributed by atoms with van der Waals surface area (Å²) in [5, 5.41) is 0. The van der Waals surface area contributed by atoms with E-state index in [4.69, 9.17) is 4.74 Å². The van der Waals surface area contributed by atoms with Crippen LogP contribution in [0, 0.1) is 0 Å². The van der Waals surface area contributed by atoms with Gasteiger partial charge in [-0.05, 0) is 25.3 Å². The SMILES string of the molecule is C1=C\C2=C(CCCCCCCC/1)O2. The molecular formula is C12H18O. The Morgan fingerprint density at radius 3 is 2.62 bits per heavy atom. The third-order valence-corrected chi connectivity index (χ3v) is 2.76. The quantitative estimate of drug-likeness (QED) is 0.547. The zero-order valence-corrected chi connectivity index (χ0v) is 8.22. The number of hydrogen-bond donors (Lipinski definition) is 0. The highest BCUT2D eigenvalue weighted by atomic mass is 16.6. The summed E-state index contributed by atoms with van der Waals surface area (Å²) in [7, 11) is 0. The molecule has 0 atom stereocenters.